The molecule has 3 N–H and O–H groups in total. The lowest BCUT2D eigenvalue weighted by Gasteiger charge is -2.21. The average Bonchev–Trinajstić information content (AvgIpc) is 0.920. The Morgan fingerprint density at radius 3 is 0.541 bits per heavy atom. The first kappa shape index (κ1) is 107. The van der Waals surface area contributed by atoms with Crippen molar-refractivity contribution in [3.8, 4) is 0 Å². The maximum atomic E-state index is 13.2. The standard InChI is InChI=1S/C90H176O17P2/c1-5-9-13-17-21-25-28-31-34-37-40-43-46-49-52-55-58-61-65-69-73-77-90(95)107-86(81-101-88(93)75-71-67-63-59-56-53-50-47-44-41-38-35-32-29-26-22-18-14-10-6-2)83-105-109(98,99)103-79-84(91)78-102-108(96,97)104-82-85(80-100-87(92)74-70-66-62-24-20-16-12-8-4)106-89(94)76-72-68-64-60-57-54-51-48-45-42-39-36-33-30-27-23-19-15-11-7-3/h84-86,91H,5-83H2,1-4H3,(H,96,97)(H,98,99)/t84-,85+,86+/m0/s1. The summed E-state index contributed by atoms with van der Waals surface area (Å²) >= 11 is 0. The number of phosphoric ester groups is 2. The minimum atomic E-state index is -4.97. The summed E-state index contributed by atoms with van der Waals surface area (Å²) < 4.78 is 68.9. The average molecular weight is 1590 g/mol. The molecular weight excluding hydrogens is 1410 g/mol. The molecule has 0 spiro atoms. The van der Waals surface area contributed by atoms with Gasteiger partial charge in [-0.3, -0.25) is 37.3 Å². The van der Waals surface area contributed by atoms with Gasteiger partial charge in [0.15, 0.2) is 12.2 Å². The number of ether oxygens (including phenoxy) is 4. The summed E-state index contributed by atoms with van der Waals surface area (Å²) in [5.74, 6) is -2.10. The van der Waals surface area contributed by atoms with Gasteiger partial charge in [-0.15, -0.1) is 0 Å². The molecular formula is C90H176O17P2. The van der Waals surface area contributed by atoms with Crippen LogP contribution in [0, 0.1) is 0 Å². The number of unbranched alkanes of at least 4 members (excludes halogenated alkanes) is 65. The first-order chi connectivity index (χ1) is 53.2. The van der Waals surface area contributed by atoms with Crippen LogP contribution in [0.5, 0.6) is 0 Å². The summed E-state index contributed by atoms with van der Waals surface area (Å²) in [7, 11) is -9.93. The van der Waals surface area contributed by atoms with Crippen molar-refractivity contribution in [3.05, 3.63) is 0 Å². The molecule has 17 nitrogen and oxygen atoms in total. The fraction of sp³-hybridized carbons (Fsp3) is 0.956. The quantitative estimate of drug-likeness (QED) is 0.0222. The molecule has 0 amide bonds. The summed E-state index contributed by atoms with van der Waals surface area (Å²) in [6.07, 6.45) is 80.9. The van der Waals surface area contributed by atoms with Crippen LogP contribution in [0.3, 0.4) is 0 Å². The smallest absolute Gasteiger partial charge is 0.462 e. The molecule has 0 aliphatic heterocycles. The van der Waals surface area contributed by atoms with E-state index >= 15 is 0 Å². The van der Waals surface area contributed by atoms with Gasteiger partial charge in [-0.1, -0.05) is 445 Å². The summed E-state index contributed by atoms with van der Waals surface area (Å²) in [4.78, 5) is 73.2. The molecule has 0 aromatic heterocycles. The number of carbonyl (C=O) groups excluding carboxylic acids is 4. The molecule has 0 aliphatic rings. The molecule has 5 atom stereocenters. The van der Waals surface area contributed by atoms with Crippen molar-refractivity contribution in [1.29, 1.82) is 0 Å². The number of aliphatic hydroxyl groups excluding tert-OH is 1. The van der Waals surface area contributed by atoms with E-state index in [-0.39, 0.29) is 25.7 Å². The number of aliphatic hydroxyl groups is 1. The van der Waals surface area contributed by atoms with Crippen molar-refractivity contribution in [2.75, 3.05) is 39.6 Å². The van der Waals surface area contributed by atoms with Crippen LogP contribution < -0.4 is 0 Å². The van der Waals surface area contributed by atoms with E-state index in [0.717, 1.165) is 89.9 Å². The van der Waals surface area contributed by atoms with Crippen molar-refractivity contribution < 1.29 is 80.2 Å². The SMILES string of the molecule is CCCCCCCCCCCCCCCCCCCCCCCC(=O)O[C@H](COC(=O)CCCCCCCCCCCCCCCCCCCCCC)COP(=O)(O)OC[C@@H](O)COP(=O)(O)OC[C@@H](COC(=O)CCCCCCCCCC)OC(=O)CCCCCCCCCCCCCCCCCCCCCC. The number of hydrogen-bond donors (Lipinski definition) is 3. The number of phosphoric acid groups is 2. The van der Waals surface area contributed by atoms with Gasteiger partial charge in [0.05, 0.1) is 26.4 Å². The minimum Gasteiger partial charge on any atom is -0.462 e. The van der Waals surface area contributed by atoms with Crippen LogP contribution in [0.4, 0.5) is 0 Å². The van der Waals surface area contributed by atoms with Crippen molar-refractivity contribution in [3.63, 3.8) is 0 Å². The second-order valence-electron chi connectivity index (χ2n) is 32.3. The molecule has 648 valence electrons. The first-order valence-corrected chi connectivity index (χ1v) is 49.8. The highest BCUT2D eigenvalue weighted by Gasteiger charge is 2.30. The van der Waals surface area contributed by atoms with Crippen molar-refractivity contribution in [1.82, 2.24) is 0 Å². The number of esters is 4. The zero-order valence-electron chi connectivity index (χ0n) is 71.5. The topological polar surface area (TPSA) is 237 Å². The van der Waals surface area contributed by atoms with Crippen LogP contribution in [-0.2, 0) is 65.4 Å². The van der Waals surface area contributed by atoms with Gasteiger partial charge in [0.2, 0.25) is 0 Å². The molecule has 2 unspecified atom stereocenters. The molecule has 0 aromatic rings. The molecule has 109 heavy (non-hydrogen) atoms. The normalized spacial score (nSPS) is 13.6. The van der Waals surface area contributed by atoms with Crippen molar-refractivity contribution in [2.24, 2.45) is 0 Å². The molecule has 0 saturated carbocycles. The zero-order valence-corrected chi connectivity index (χ0v) is 73.3. The molecule has 0 heterocycles. The van der Waals surface area contributed by atoms with Gasteiger partial charge in [0.25, 0.3) is 0 Å². The fourth-order valence-electron chi connectivity index (χ4n) is 14.2. The molecule has 0 bridgehead atoms. The third kappa shape index (κ3) is 83.8. The summed E-state index contributed by atoms with van der Waals surface area (Å²) in [5.41, 5.74) is 0. The van der Waals surface area contributed by atoms with E-state index < -0.39 is 97.5 Å². The Morgan fingerprint density at radius 1 is 0.220 bits per heavy atom. The Balaban J connectivity index is 5.16. The lowest BCUT2D eigenvalue weighted by atomic mass is 10.0. The Labute approximate surface area is 670 Å². The van der Waals surface area contributed by atoms with E-state index in [1.165, 1.54) is 327 Å². The number of rotatable bonds is 91. The van der Waals surface area contributed by atoms with Gasteiger partial charge >= 0.3 is 39.5 Å². The second kappa shape index (κ2) is 84.0. The predicted octanol–water partition coefficient (Wildman–Crippen LogP) is 28.1. The van der Waals surface area contributed by atoms with Gasteiger partial charge in [-0.25, -0.2) is 9.13 Å². The fourth-order valence-corrected chi connectivity index (χ4v) is 15.8. The summed E-state index contributed by atoms with van der Waals surface area (Å²) in [6.45, 7) is 5.05. The van der Waals surface area contributed by atoms with Crippen LogP contribution >= 0.6 is 15.6 Å². The van der Waals surface area contributed by atoms with Crippen molar-refractivity contribution in [2.45, 2.75) is 515 Å². The lowest BCUT2D eigenvalue weighted by molar-refractivity contribution is -0.161. The van der Waals surface area contributed by atoms with Gasteiger partial charge in [-0.2, -0.15) is 0 Å². The van der Waals surface area contributed by atoms with E-state index in [9.17, 15) is 43.2 Å². The van der Waals surface area contributed by atoms with E-state index in [2.05, 4.69) is 27.7 Å². The monoisotopic (exact) mass is 1590 g/mol. The summed E-state index contributed by atoms with van der Waals surface area (Å²) in [5, 5.41) is 10.7. The molecule has 0 saturated heterocycles. The van der Waals surface area contributed by atoms with Crippen LogP contribution in [-0.4, -0.2) is 96.7 Å². The molecule has 0 rings (SSSR count). The van der Waals surface area contributed by atoms with Gasteiger partial charge in [0, 0.05) is 25.7 Å². The molecule has 19 heteroatoms. The zero-order chi connectivity index (χ0) is 79.6. The first-order valence-electron chi connectivity index (χ1n) is 46.8. The van der Waals surface area contributed by atoms with E-state index in [1.807, 2.05) is 0 Å². The van der Waals surface area contributed by atoms with Crippen LogP contribution in [0.2, 0.25) is 0 Å². The summed E-state index contributed by atoms with van der Waals surface area (Å²) in [6, 6.07) is 0. The Hall–Kier alpha value is -1.94. The van der Waals surface area contributed by atoms with E-state index in [4.69, 9.17) is 37.0 Å². The number of carbonyl (C=O) groups is 4. The highest BCUT2D eigenvalue weighted by Crippen LogP contribution is 2.45. The van der Waals surface area contributed by atoms with Crippen molar-refractivity contribution >= 4 is 39.5 Å². The maximum Gasteiger partial charge on any atom is 0.472 e. The Bertz CT molecular complexity index is 2050. The third-order valence-electron chi connectivity index (χ3n) is 21.4. The predicted molar refractivity (Wildman–Crippen MR) is 451 cm³/mol. The molecule has 0 aromatic carbocycles. The maximum absolute atomic E-state index is 13.2. The lowest BCUT2D eigenvalue weighted by Crippen LogP contribution is -2.30. The highest BCUT2D eigenvalue weighted by atomic mass is 31.2. The third-order valence-corrected chi connectivity index (χ3v) is 23.3. The molecule has 0 radical (unpaired) electrons. The minimum absolute atomic E-state index is 0.109. The van der Waals surface area contributed by atoms with Gasteiger partial charge in [0.1, 0.15) is 19.3 Å². The largest absolute Gasteiger partial charge is 0.472 e. The molecule has 0 fully saturated rings. The second-order valence-corrected chi connectivity index (χ2v) is 35.3. The van der Waals surface area contributed by atoms with Crippen LogP contribution in [0.1, 0.15) is 496 Å². The van der Waals surface area contributed by atoms with E-state index in [0.29, 0.717) is 25.7 Å². The van der Waals surface area contributed by atoms with Gasteiger partial charge in [-0.05, 0) is 25.7 Å². The Morgan fingerprint density at radius 2 is 0.367 bits per heavy atom. The number of hydrogen-bond acceptors (Lipinski definition) is 15. The van der Waals surface area contributed by atoms with E-state index in [1.54, 1.807) is 0 Å². The van der Waals surface area contributed by atoms with Crippen LogP contribution in [0.15, 0.2) is 0 Å². The van der Waals surface area contributed by atoms with Crippen LogP contribution in [0.25, 0.3) is 0 Å². The van der Waals surface area contributed by atoms with Gasteiger partial charge < -0.3 is 33.8 Å². The molecule has 0 aliphatic carbocycles. The Kier molecular flexibility index (Phi) is 82.5. The highest BCUT2D eigenvalue weighted by molar-refractivity contribution is 7.47.